The van der Waals surface area contributed by atoms with Crippen LogP contribution >= 0.6 is 0 Å². The normalized spacial score (nSPS) is 12.7. The summed E-state index contributed by atoms with van der Waals surface area (Å²) < 4.78 is 15.0. The van der Waals surface area contributed by atoms with Crippen molar-refractivity contribution in [2.24, 2.45) is 0 Å². The largest absolute Gasteiger partial charge is 1.00 e. The van der Waals surface area contributed by atoms with Crippen molar-refractivity contribution in [2.45, 2.75) is 143 Å². The number of halogens is 1. The number of benzene rings is 2. The first-order chi connectivity index (χ1) is 20.1. The van der Waals surface area contributed by atoms with E-state index in [1.807, 2.05) is 0 Å². The lowest BCUT2D eigenvalue weighted by Crippen LogP contribution is -3.00. The molecule has 0 N–H and O–H groups in total. The van der Waals surface area contributed by atoms with Gasteiger partial charge in [-0.1, -0.05) is 121 Å². The van der Waals surface area contributed by atoms with E-state index in [1.54, 1.807) is 7.11 Å². The molecule has 4 heteroatoms. The number of rotatable bonds is 21. The zero-order chi connectivity index (χ0) is 29.3. The van der Waals surface area contributed by atoms with Gasteiger partial charge < -0.3 is 33.5 Å². The second kappa shape index (κ2) is 21.2. The van der Waals surface area contributed by atoms with E-state index in [4.69, 9.17) is 9.47 Å². The molecule has 236 valence electrons. The lowest BCUT2D eigenvalue weighted by Gasteiger charge is -2.23. The third-order valence-electron chi connectivity index (χ3n) is 8.89. The predicted octanol–water partition coefficient (Wildman–Crippen LogP) is 7.53. The van der Waals surface area contributed by atoms with Gasteiger partial charge in [-0.3, -0.25) is 0 Å². The van der Waals surface area contributed by atoms with E-state index >= 15 is 0 Å². The summed E-state index contributed by atoms with van der Waals surface area (Å²) in [5.74, 6) is 1.88. The highest BCUT2D eigenvalue weighted by atomic mass is 127. The van der Waals surface area contributed by atoms with Crippen molar-refractivity contribution >= 4 is 5.71 Å². The maximum absolute atomic E-state index is 6.51. The van der Waals surface area contributed by atoms with Gasteiger partial charge in [0.25, 0.3) is 0 Å². The summed E-state index contributed by atoms with van der Waals surface area (Å²) in [6.07, 6.45) is 22.1. The molecular formula is C38H60INO2. The zero-order valence-corrected chi connectivity index (χ0v) is 29.8. The van der Waals surface area contributed by atoms with E-state index < -0.39 is 0 Å². The molecule has 0 atom stereocenters. The first kappa shape index (κ1) is 36.6. The number of nitrogens with zero attached hydrogens (tertiary/aromatic N) is 1. The Kier molecular flexibility index (Phi) is 18.5. The monoisotopic (exact) mass is 689 g/mol. The molecular weight excluding hydrogens is 629 g/mol. The number of unbranched alkanes of at least 4 members (excludes halogenated alkanes) is 13. The first-order valence-corrected chi connectivity index (χ1v) is 17.1. The van der Waals surface area contributed by atoms with Gasteiger partial charge in [-0.25, -0.2) is 4.58 Å². The maximum Gasteiger partial charge on any atom is 0.184 e. The van der Waals surface area contributed by atoms with Crippen LogP contribution in [-0.2, 0) is 13.0 Å². The summed E-state index contributed by atoms with van der Waals surface area (Å²) in [6.45, 7) is 11.8. The number of fused-ring (bicyclic) bond motifs is 1. The summed E-state index contributed by atoms with van der Waals surface area (Å²) >= 11 is 0. The Balaban J connectivity index is 0.00000616. The van der Waals surface area contributed by atoms with E-state index in [-0.39, 0.29) is 24.0 Å². The van der Waals surface area contributed by atoms with Crippen LogP contribution in [0.25, 0.3) is 0 Å². The van der Waals surface area contributed by atoms with Gasteiger partial charge in [0, 0.05) is 29.5 Å². The molecule has 1 heterocycles. The quantitative estimate of drug-likeness (QED) is 0.0768. The lowest BCUT2D eigenvalue weighted by molar-refractivity contribution is -0.545. The van der Waals surface area contributed by atoms with Crippen molar-refractivity contribution in [2.75, 3.05) is 20.3 Å². The molecule has 0 spiro atoms. The lowest BCUT2D eigenvalue weighted by atomic mass is 9.91. The molecule has 0 unspecified atom stereocenters. The maximum atomic E-state index is 6.51. The molecule has 3 rings (SSSR count). The highest BCUT2D eigenvalue weighted by Gasteiger charge is 2.30. The molecule has 0 aromatic heterocycles. The molecule has 2 aromatic rings. The fourth-order valence-electron chi connectivity index (χ4n) is 6.35. The summed E-state index contributed by atoms with van der Waals surface area (Å²) in [5, 5.41) is 0. The van der Waals surface area contributed by atoms with Crippen molar-refractivity contribution in [1.82, 2.24) is 0 Å². The molecule has 2 aromatic carbocycles. The summed E-state index contributed by atoms with van der Waals surface area (Å²) in [4.78, 5) is 0. The molecule has 0 radical (unpaired) electrons. The standard InChI is InChI=1S/C38H60NO2.HI/c1-6-8-10-12-14-15-16-17-19-21-36-34-24-25-37(40-5)38(41-28-20-18-13-11-9-7-2)35(34)26-27-39(36)30-33-23-22-31(3)29-32(33)4;/h22-25,29H,6-21,26-28,30H2,1-5H3;1H/q+1;/p-1. The van der Waals surface area contributed by atoms with E-state index in [9.17, 15) is 0 Å². The molecule has 0 bridgehead atoms. The van der Waals surface area contributed by atoms with E-state index in [0.29, 0.717) is 0 Å². The zero-order valence-electron chi connectivity index (χ0n) is 27.7. The summed E-state index contributed by atoms with van der Waals surface area (Å²) in [7, 11) is 1.78. The second-order valence-corrected chi connectivity index (χ2v) is 12.4. The van der Waals surface area contributed by atoms with Crippen molar-refractivity contribution in [3.05, 3.63) is 58.1 Å². The van der Waals surface area contributed by atoms with Crippen LogP contribution in [-0.4, -0.2) is 30.5 Å². The first-order valence-electron chi connectivity index (χ1n) is 17.1. The van der Waals surface area contributed by atoms with Crippen LogP contribution in [0.2, 0.25) is 0 Å². The van der Waals surface area contributed by atoms with Crippen LogP contribution in [0, 0.1) is 13.8 Å². The van der Waals surface area contributed by atoms with Gasteiger partial charge in [0.15, 0.2) is 23.8 Å². The van der Waals surface area contributed by atoms with E-state index in [1.165, 1.54) is 123 Å². The average Bonchev–Trinajstić information content (AvgIpc) is 2.97. The smallest absolute Gasteiger partial charge is 0.184 e. The number of aryl methyl sites for hydroxylation is 2. The highest BCUT2D eigenvalue weighted by Crippen LogP contribution is 2.37. The minimum atomic E-state index is 0. The highest BCUT2D eigenvalue weighted by molar-refractivity contribution is 5.99. The van der Waals surface area contributed by atoms with Gasteiger partial charge >= 0.3 is 0 Å². The van der Waals surface area contributed by atoms with E-state index in [2.05, 4.69) is 62.6 Å². The number of ether oxygens (including phenoxy) is 2. The van der Waals surface area contributed by atoms with Crippen LogP contribution < -0.4 is 33.5 Å². The molecule has 1 aliphatic rings. The van der Waals surface area contributed by atoms with Crippen LogP contribution in [0.15, 0.2) is 30.3 Å². The summed E-state index contributed by atoms with van der Waals surface area (Å²) in [6, 6.07) is 11.4. The van der Waals surface area contributed by atoms with Crippen LogP contribution in [0.5, 0.6) is 11.5 Å². The molecule has 0 aliphatic carbocycles. The molecule has 1 aliphatic heterocycles. The van der Waals surface area contributed by atoms with Gasteiger partial charge in [-0.05, 0) is 44.4 Å². The van der Waals surface area contributed by atoms with Crippen molar-refractivity contribution in [3.8, 4) is 11.5 Å². The third-order valence-corrected chi connectivity index (χ3v) is 8.89. The van der Waals surface area contributed by atoms with Crippen molar-refractivity contribution in [1.29, 1.82) is 0 Å². The Morgan fingerprint density at radius 2 is 1.36 bits per heavy atom. The molecule has 42 heavy (non-hydrogen) atoms. The second-order valence-electron chi connectivity index (χ2n) is 12.4. The Labute approximate surface area is 275 Å². The van der Waals surface area contributed by atoms with Gasteiger partial charge in [0.1, 0.15) is 6.54 Å². The van der Waals surface area contributed by atoms with Crippen molar-refractivity contribution in [3.63, 3.8) is 0 Å². The Hall–Kier alpha value is -1.56. The van der Waals surface area contributed by atoms with Gasteiger partial charge in [0.2, 0.25) is 0 Å². The third kappa shape index (κ3) is 11.8. The Bertz CT molecular complexity index is 1080. The fraction of sp³-hybridized carbons (Fsp3) is 0.658. The molecule has 0 saturated carbocycles. The Morgan fingerprint density at radius 1 is 0.738 bits per heavy atom. The number of hydrogen-bond acceptors (Lipinski definition) is 2. The topological polar surface area (TPSA) is 21.5 Å². The number of methoxy groups -OCH3 is 1. The molecule has 0 saturated heterocycles. The number of hydrogen-bond donors (Lipinski definition) is 0. The van der Waals surface area contributed by atoms with Crippen molar-refractivity contribution < 1.29 is 38.0 Å². The fourth-order valence-corrected chi connectivity index (χ4v) is 6.35. The minimum absolute atomic E-state index is 0. The molecule has 0 fully saturated rings. The van der Waals surface area contributed by atoms with Gasteiger partial charge in [-0.15, -0.1) is 0 Å². The SMILES string of the molecule is CCCCCCCCCCCC1=[N+](Cc2ccc(C)cc2C)CCc2c1ccc(OC)c2OCCCCCCCC.[I-]. The van der Waals surface area contributed by atoms with Crippen LogP contribution in [0.1, 0.15) is 144 Å². The minimum Gasteiger partial charge on any atom is -1.00 e. The van der Waals surface area contributed by atoms with Gasteiger partial charge in [-0.2, -0.15) is 0 Å². The van der Waals surface area contributed by atoms with Gasteiger partial charge in [0.05, 0.1) is 13.7 Å². The van der Waals surface area contributed by atoms with E-state index in [0.717, 1.165) is 50.5 Å². The summed E-state index contributed by atoms with van der Waals surface area (Å²) in [5.41, 5.74) is 8.43. The Morgan fingerprint density at radius 3 is 1.98 bits per heavy atom. The predicted molar refractivity (Wildman–Crippen MR) is 176 cm³/mol. The van der Waals surface area contributed by atoms with Crippen LogP contribution in [0.4, 0.5) is 0 Å². The average molecular weight is 690 g/mol. The molecule has 3 nitrogen and oxygen atoms in total. The molecule has 0 amide bonds. The van der Waals surface area contributed by atoms with Crippen LogP contribution in [0.3, 0.4) is 0 Å².